The molecule has 0 unspecified atom stereocenters. The Morgan fingerprint density at radius 2 is 1.97 bits per heavy atom. The molecule has 0 bridgehead atoms. The quantitative estimate of drug-likeness (QED) is 0.453. The standard InChI is InChI=1S/C21H17ClF2N4O2/c22-12-1-4-16-15(9-12)17(11-25-16)26-20(29)19-14-3-2-13(10-18(14)30-27-19)28-7-5-21(23,24)6-8-28/h1-4,9-11,25H,5-8H2,(H,26,29). The third-order valence-electron chi connectivity index (χ3n) is 5.42. The molecule has 1 aliphatic rings. The zero-order valence-electron chi connectivity index (χ0n) is 15.7. The molecule has 1 aliphatic heterocycles. The van der Waals surface area contributed by atoms with Gasteiger partial charge in [0, 0.05) is 59.8 Å². The first-order valence-electron chi connectivity index (χ1n) is 9.50. The molecule has 0 spiro atoms. The Bertz CT molecular complexity index is 1260. The minimum atomic E-state index is -2.61. The van der Waals surface area contributed by atoms with Crippen LogP contribution >= 0.6 is 11.6 Å². The fourth-order valence-electron chi connectivity index (χ4n) is 3.76. The molecule has 5 rings (SSSR count). The normalized spacial score (nSPS) is 16.3. The number of H-pyrrole nitrogens is 1. The van der Waals surface area contributed by atoms with E-state index in [4.69, 9.17) is 16.1 Å². The smallest absolute Gasteiger partial charge is 0.278 e. The van der Waals surface area contributed by atoms with Gasteiger partial charge in [0.2, 0.25) is 0 Å². The number of piperidine rings is 1. The molecule has 2 aromatic carbocycles. The maximum absolute atomic E-state index is 13.4. The van der Waals surface area contributed by atoms with Gasteiger partial charge in [-0.1, -0.05) is 16.8 Å². The molecule has 4 aromatic rings. The second-order valence-electron chi connectivity index (χ2n) is 7.40. The molecule has 1 fully saturated rings. The first-order chi connectivity index (χ1) is 14.4. The summed E-state index contributed by atoms with van der Waals surface area (Å²) in [5.41, 5.74) is 2.78. The van der Waals surface area contributed by atoms with Crippen molar-refractivity contribution in [2.45, 2.75) is 18.8 Å². The largest absolute Gasteiger partial charge is 0.371 e. The first kappa shape index (κ1) is 18.9. The lowest BCUT2D eigenvalue weighted by atomic mass is 10.1. The number of carbonyl (C=O) groups excluding carboxylic acids is 1. The minimum absolute atomic E-state index is 0.151. The van der Waals surface area contributed by atoms with Crippen LogP contribution in [-0.4, -0.2) is 35.1 Å². The van der Waals surface area contributed by atoms with Gasteiger partial charge in [0.05, 0.1) is 11.1 Å². The number of halogens is 3. The molecule has 0 radical (unpaired) electrons. The molecule has 1 saturated heterocycles. The highest BCUT2D eigenvalue weighted by molar-refractivity contribution is 6.31. The van der Waals surface area contributed by atoms with Crippen LogP contribution in [0.3, 0.4) is 0 Å². The summed E-state index contributed by atoms with van der Waals surface area (Å²) in [6, 6.07) is 10.6. The Morgan fingerprint density at radius 3 is 2.77 bits per heavy atom. The Kier molecular flexibility index (Phi) is 4.39. The number of amides is 1. The lowest BCUT2D eigenvalue weighted by Crippen LogP contribution is -2.39. The fourth-order valence-corrected chi connectivity index (χ4v) is 3.93. The van der Waals surface area contributed by atoms with Crippen LogP contribution in [0.25, 0.3) is 21.9 Å². The summed E-state index contributed by atoms with van der Waals surface area (Å²) < 4.78 is 32.2. The van der Waals surface area contributed by atoms with E-state index in [1.165, 1.54) is 0 Å². The van der Waals surface area contributed by atoms with Crippen molar-refractivity contribution in [2.75, 3.05) is 23.3 Å². The zero-order valence-corrected chi connectivity index (χ0v) is 16.5. The summed E-state index contributed by atoms with van der Waals surface area (Å²) in [6.07, 6.45) is 1.33. The summed E-state index contributed by atoms with van der Waals surface area (Å²) in [6.45, 7) is 0.534. The number of nitrogens with one attached hydrogen (secondary N) is 2. The Balaban J connectivity index is 1.39. The Labute approximate surface area is 174 Å². The van der Waals surface area contributed by atoms with Gasteiger partial charge in [-0.05, 0) is 30.3 Å². The number of rotatable bonds is 3. The third kappa shape index (κ3) is 3.37. The molecule has 30 heavy (non-hydrogen) atoms. The van der Waals surface area contributed by atoms with Gasteiger partial charge in [-0.2, -0.15) is 0 Å². The van der Waals surface area contributed by atoms with E-state index in [2.05, 4.69) is 15.5 Å². The van der Waals surface area contributed by atoms with Crippen LogP contribution in [-0.2, 0) is 0 Å². The van der Waals surface area contributed by atoms with E-state index in [1.54, 1.807) is 36.5 Å². The Hall–Kier alpha value is -3.13. The van der Waals surface area contributed by atoms with Crippen LogP contribution in [0, 0.1) is 0 Å². The molecule has 6 nitrogen and oxygen atoms in total. The summed E-state index contributed by atoms with van der Waals surface area (Å²) in [7, 11) is 0. The molecule has 2 aromatic heterocycles. The van der Waals surface area contributed by atoms with Crippen LogP contribution in [0.4, 0.5) is 20.2 Å². The number of aromatic amines is 1. The van der Waals surface area contributed by atoms with E-state index < -0.39 is 11.8 Å². The second-order valence-corrected chi connectivity index (χ2v) is 7.84. The first-order valence-corrected chi connectivity index (χ1v) is 9.88. The van der Waals surface area contributed by atoms with Crippen LogP contribution in [0.15, 0.2) is 47.1 Å². The molecule has 0 atom stereocenters. The number of hydrogen-bond acceptors (Lipinski definition) is 4. The van der Waals surface area contributed by atoms with E-state index >= 15 is 0 Å². The Morgan fingerprint density at radius 1 is 1.17 bits per heavy atom. The summed E-state index contributed by atoms with van der Waals surface area (Å²) in [5, 5.41) is 8.65. The topological polar surface area (TPSA) is 74.2 Å². The average molecular weight is 431 g/mol. The van der Waals surface area contributed by atoms with Crippen molar-refractivity contribution in [1.29, 1.82) is 0 Å². The van der Waals surface area contributed by atoms with Crippen LogP contribution in [0.5, 0.6) is 0 Å². The number of carbonyl (C=O) groups is 1. The predicted octanol–water partition coefficient (Wildman–Crippen LogP) is 5.45. The summed E-state index contributed by atoms with van der Waals surface area (Å²) in [4.78, 5) is 17.8. The molecule has 1 amide bonds. The number of benzene rings is 2. The van der Waals surface area contributed by atoms with Crippen molar-refractivity contribution in [3.8, 4) is 0 Å². The van der Waals surface area contributed by atoms with E-state index in [0.29, 0.717) is 21.7 Å². The molecule has 0 saturated carbocycles. The van der Waals surface area contributed by atoms with Gasteiger partial charge >= 0.3 is 0 Å². The van der Waals surface area contributed by atoms with Crippen molar-refractivity contribution in [3.05, 3.63) is 53.3 Å². The number of aromatic nitrogens is 2. The van der Waals surface area contributed by atoms with Crippen molar-refractivity contribution < 1.29 is 18.1 Å². The number of fused-ring (bicyclic) bond motifs is 2. The van der Waals surface area contributed by atoms with Crippen LogP contribution in [0.2, 0.25) is 5.02 Å². The van der Waals surface area contributed by atoms with Crippen LogP contribution < -0.4 is 10.2 Å². The fraction of sp³-hybridized carbons (Fsp3) is 0.238. The molecule has 2 N–H and O–H groups in total. The number of nitrogens with zero attached hydrogens (tertiary/aromatic N) is 2. The predicted molar refractivity (Wildman–Crippen MR) is 112 cm³/mol. The highest BCUT2D eigenvalue weighted by atomic mass is 35.5. The lowest BCUT2D eigenvalue weighted by Gasteiger charge is -2.33. The molecule has 0 aliphatic carbocycles. The molecular formula is C21H17ClF2N4O2. The van der Waals surface area contributed by atoms with Crippen molar-refractivity contribution in [1.82, 2.24) is 10.1 Å². The second kappa shape index (κ2) is 6.98. The van der Waals surface area contributed by atoms with E-state index in [9.17, 15) is 13.6 Å². The average Bonchev–Trinajstić information content (AvgIpc) is 3.31. The monoisotopic (exact) mass is 430 g/mol. The van der Waals surface area contributed by atoms with Gasteiger partial charge in [0.1, 0.15) is 0 Å². The van der Waals surface area contributed by atoms with Gasteiger partial charge in [-0.3, -0.25) is 4.79 Å². The molecule has 154 valence electrons. The minimum Gasteiger partial charge on any atom is -0.371 e. The molecule has 3 heterocycles. The highest BCUT2D eigenvalue weighted by Gasteiger charge is 2.34. The van der Waals surface area contributed by atoms with Crippen molar-refractivity contribution in [2.24, 2.45) is 0 Å². The van der Waals surface area contributed by atoms with Gasteiger partial charge in [0.15, 0.2) is 11.3 Å². The maximum atomic E-state index is 13.4. The number of alkyl halides is 2. The highest BCUT2D eigenvalue weighted by Crippen LogP contribution is 2.33. The zero-order chi connectivity index (χ0) is 20.9. The summed E-state index contributed by atoms with van der Waals surface area (Å²) in [5.74, 6) is -3.02. The van der Waals surface area contributed by atoms with Crippen molar-refractivity contribution >= 4 is 50.8 Å². The SMILES string of the molecule is O=C(Nc1c[nH]c2ccc(Cl)cc12)c1noc2cc(N3CCC(F)(F)CC3)ccc12. The third-order valence-corrected chi connectivity index (χ3v) is 5.66. The van der Waals surface area contributed by atoms with E-state index in [0.717, 1.165) is 16.6 Å². The number of hydrogen-bond donors (Lipinski definition) is 2. The van der Waals surface area contributed by atoms with E-state index in [-0.39, 0.29) is 31.6 Å². The number of anilines is 2. The van der Waals surface area contributed by atoms with Gasteiger partial charge in [-0.25, -0.2) is 8.78 Å². The van der Waals surface area contributed by atoms with Gasteiger partial charge < -0.3 is 19.7 Å². The summed E-state index contributed by atoms with van der Waals surface area (Å²) >= 11 is 6.06. The molecule has 9 heteroatoms. The van der Waals surface area contributed by atoms with Crippen molar-refractivity contribution in [3.63, 3.8) is 0 Å². The maximum Gasteiger partial charge on any atom is 0.278 e. The van der Waals surface area contributed by atoms with Gasteiger partial charge in [0.25, 0.3) is 11.8 Å². The van der Waals surface area contributed by atoms with Gasteiger partial charge in [-0.15, -0.1) is 0 Å². The van der Waals surface area contributed by atoms with E-state index in [1.807, 2.05) is 11.0 Å². The molecular weight excluding hydrogens is 414 g/mol. The lowest BCUT2D eigenvalue weighted by molar-refractivity contribution is -0.0220. The van der Waals surface area contributed by atoms with Crippen LogP contribution in [0.1, 0.15) is 23.3 Å².